The molecule has 1 saturated carbocycles. The van der Waals surface area contributed by atoms with Gasteiger partial charge in [0.2, 0.25) is 0 Å². The summed E-state index contributed by atoms with van der Waals surface area (Å²) in [5.74, 6) is 1.98. The van der Waals surface area contributed by atoms with E-state index < -0.39 is 0 Å². The molecule has 1 N–H and O–H groups in total. The summed E-state index contributed by atoms with van der Waals surface area (Å²) in [6, 6.07) is 7.01. The van der Waals surface area contributed by atoms with Crippen LogP contribution in [0, 0.1) is 5.92 Å². The Kier molecular flexibility index (Phi) is 4.65. The van der Waals surface area contributed by atoms with Gasteiger partial charge in [0.15, 0.2) is 11.5 Å². The molecule has 1 aromatic carbocycles. The standard InChI is InChI=1S/C20H21Cl2N5O/c21-14-3-4-15(16(22)9-14)17-10-18-24-19(25-27(18)20(28)23-17)13-5-7-26(8-6-13)11-12-1-2-12/h3-4,9-10,12-13H,1-2,5-8,11H2,(H,23,28). The number of aromatic nitrogens is 4. The van der Waals surface area contributed by atoms with Gasteiger partial charge in [-0.05, 0) is 62.9 Å². The first-order chi connectivity index (χ1) is 13.6. The Hall–Kier alpha value is -1.89. The van der Waals surface area contributed by atoms with Crippen LogP contribution in [0.25, 0.3) is 16.9 Å². The van der Waals surface area contributed by atoms with Crippen molar-refractivity contribution in [3.05, 3.63) is 50.6 Å². The minimum absolute atomic E-state index is 0.303. The predicted octanol–water partition coefficient (Wildman–Crippen LogP) is 3.98. The summed E-state index contributed by atoms with van der Waals surface area (Å²) in [5.41, 5.74) is 1.55. The summed E-state index contributed by atoms with van der Waals surface area (Å²) in [6.07, 6.45) is 4.85. The highest BCUT2D eigenvalue weighted by Gasteiger charge is 2.29. The fourth-order valence-electron chi connectivity index (χ4n) is 3.98. The van der Waals surface area contributed by atoms with Crippen molar-refractivity contribution in [3.8, 4) is 11.3 Å². The molecule has 0 atom stereocenters. The van der Waals surface area contributed by atoms with E-state index in [9.17, 15) is 4.79 Å². The highest BCUT2D eigenvalue weighted by Crippen LogP contribution is 2.33. The highest BCUT2D eigenvalue weighted by molar-refractivity contribution is 6.36. The van der Waals surface area contributed by atoms with Gasteiger partial charge in [-0.15, -0.1) is 5.10 Å². The van der Waals surface area contributed by atoms with Crippen LogP contribution in [0.2, 0.25) is 10.0 Å². The molecule has 2 aromatic heterocycles. The second-order valence-electron chi connectivity index (χ2n) is 7.87. The summed E-state index contributed by atoms with van der Waals surface area (Å²) >= 11 is 12.3. The summed E-state index contributed by atoms with van der Waals surface area (Å²) in [5, 5.41) is 5.53. The number of rotatable bonds is 4. The molecule has 3 aromatic rings. The lowest BCUT2D eigenvalue weighted by Crippen LogP contribution is -2.34. The van der Waals surface area contributed by atoms with E-state index in [-0.39, 0.29) is 5.69 Å². The second-order valence-corrected chi connectivity index (χ2v) is 8.71. The van der Waals surface area contributed by atoms with Crippen LogP contribution in [0.4, 0.5) is 0 Å². The van der Waals surface area contributed by atoms with Gasteiger partial charge in [-0.3, -0.25) is 0 Å². The zero-order valence-corrected chi connectivity index (χ0v) is 16.9. The quantitative estimate of drug-likeness (QED) is 0.696. The number of aromatic amines is 1. The average molecular weight is 418 g/mol. The molecule has 0 radical (unpaired) electrons. The number of piperidine rings is 1. The number of halogens is 2. The maximum atomic E-state index is 12.6. The van der Waals surface area contributed by atoms with E-state index in [1.807, 2.05) is 6.07 Å². The molecular weight excluding hydrogens is 397 g/mol. The van der Waals surface area contributed by atoms with Gasteiger partial charge in [0, 0.05) is 29.1 Å². The molecule has 6 nitrogen and oxygen atoms in total. The van der Waals surface area contributed by atoms with E-state index in [2.05, 4.69) is 20.0 Å². The number of likely N-dealkylation sites (tertiary alicyclic amines) is 1. The Morgan fingerprint density at radius 1 is 1.11 bits per heavy atom. The number of nitrogens with zero attached hydrogens (tertiary/aromatic N) is 4. The van der Waals surface area contributed by atoms with E-state index in [4.69, 9.17) is 23.2 Å². The van der Waals surface area contributed by atoms with Crippen LogP contribution in [0.15, 0.2) is 29.1 Å². The number of benzene rings is 1. The van der Waals surface area contributed by atoms with Crippen LogP contribution in [-0.2, 0) is 0 Å². The normalized spacial score (nSPS) is 18.8. The lowest BCUT2D eigenvalue weighted by atomic mass is 9.96. The van der Waals surface area contributed by atoms with Gasteiger partial charge in [-0.2, -0.15) is 4.52 Å². The maximum absolute atomic E-state index is 12.6. The Balaban J connectivity index is 1.41. The summed E-state index contributed by atoms with van der Waals surface area (Å²) in [4.78, 5) is 22.6. The van der Waals surface area contributed by atoms with Gasteiger partial charge in [0.1, 0.15) is 0 Å². The monoisotopic (exact) mass is 417 g/mol. The molecule has 0 bridgehead atoms. The van der Waals surface area contributed by atoms with E-state index in [0.717, 1.165) is 37.7 Å². The molecule has 8 heteroatoms. The van der Waals surface area contributed by atoms with Gasteiger partial charge in [0.25, 0.3) is 0 Å². The molecule has 1 aliphatic carbocycles. The minimum atomic E-state index is -0.316. The van der Waals surface area contributed by atoms with Gasteiger partial charge in [-0.1, -0.05) is 23.2 Å². The van der Waals surface area contributed by atoms with Crippen LogP contribution < -0.4 is 5.69 Å². The Bertz CT molecular complexity index is 1080. The number of nitrogens with one attached hydrogen (secondary N) is 1. The lowest BCUT2D eigenvalue weighted by Gasteiger charge is -2.30. The molecule has 0 spiro atoms. The highest BCUT2D eigenvalue weighted by atomic mass is 35.5. The Morgan fingerprint density at radius 3 is 2.61 bits per heavy atom. The van der Waals surface area contributed by atoms with E-state index in [0.29, 0.717) is 32.9 Å². The summed E-state index contributed by atoms with van der Waals surface area (Å²) < 4.78 is 1.35. The van der Waals surface area contributed by atoms with E-state index >= 15 is 0 Å². The first-order valence-electron chi connectivity index (χ1n) is 9.74. The third kappa shape index (κ3) is 3.56. The predicted molar refractivity (Wildman–Crippen MR) is 110 cm³/mol. The number of hydrogen-bond acceptors (Lipinski definition) is 4. The summed E-state index contributed by atoms with van der Waals surface area (Å²) in [7, 11) is 0. The lowest BCUT2D eigenvalue weighted by molar-refractivity contribution is 0.202. The Labute approximate surface area is 172 Å². The molecule has 0 unspecified atom stereocenters. The third-order valence-corrected chi connectivity index (χ3v) is 6.29. The van der Waals surface area contributed by atoms with Crippen LogP contribution >= 0.6 is 23.2 Å². The summed E-state index contributed by atoms with van der Waals surface area (Å²) in [6.45, 7) is 3.40. The molecule has 146 valence electrons. The molecule has 1 aliphatic heterocycles. The van der Waals surface area contributed by atoms with Crippen molar-refractivity contribution < 1.29 is 0 Å². The Morgan fingerprint density at radius 2 is 1.89 bits per heavy atom. The van der Waals surface area contributed by atoms with Gasteiger partial charge in [-0.25, -0.2) is 9.78 Å². The van der Waals surface area contributed by atoms with Crippen LogP contribution in [0.5, 0.6) is 0 Å². The van der Waals surface area contributed by atoms with Crippen LogP contribution in [0.3, 0.4) is 0 Å². The molecule has 2 aliphatic rings. The number of hydrogen-bond donors (Lipinski definition) is 1. The van der Waals surface area contributed by atoms with Crippen molar-refractivity contribution in [2.24, 2.45) is 5.92 Å². The zero-order chi connectivity index (χ0) is 19.3. The molecule has 2 fully saturated rings. The van der Waals surface area contributed by atoms with Gasteiger partial charge < -0.3 is 9.88 Å². The minimum Gasteiger partial charge on any atom is -0.305 e. The van der Waals surface area contributed by atoms with Gasteiger partial charge >= 0.3 is 5.69 Å². The van der Waals surface area contributed by atoms with E-state index in [1.54, 1.807) is 18.2 Å². The molecule has 28 heavy (non-hydrogen) atoms. The fraction of sp³-hybridized carbons (Fsp3) is 0.450. The SMILES string of the molecule is O=c1[nH]c(-c2ccc(Cl)cc2Cl)cc2nc(C3CCN(CC4CC4)CC3)nn12. The molecular formula is C20H21Cl2N5O. The second kappa shape index (κ2) is 7.17. The largest absolute Gasteiger partial charge is 0.348 e. The first-order valence-corrected chi connectivity index (χ1v) is 10.5. The van der Waals surface area contributed by atoms with Crippen molar-refractivity contribution >= 4 is 28.8 Å². The van der Waals surface area contributed by atoms with Crippen LogP contribution in [0.1, 0.15) is 37.4 Å². The van der Waals surface area contributed by atoms with Crippen molar-refractivity contribution in [2.45, 2.75) is 31.6 Å². The number of fused-ring (bicyclic) bond motifs is 1. The third-order valence-electron chi connectivity index (χ3n) is 5.74. The number of H-pyrrole nitrogens is 1. The molecule has 0 amide bonds. The van der Waals surface area contributed by atoms with Crippen molar-refractivity contribution in [3.63, 3.8) is 0 Å². The van der Waals surface area contributed by atoms with Crippen molar-refractivity contribution in [1.29, 1.82) is 0 Å². The molecule has 5 rings (SSSR count). The van der Waals surface area contributed by atoms with Crippen LogP contribution in [-0.4, -0.2) is 44.1 Å². The molecule has 3 heterocycles. The first kappa shape index (κ1) is 18.2. The fourth-order valence-corrected chi connectivity index (χ4v) is 4.49. The smallest absolute Gasteiger partial charge is 0.305 e. The zero-order valence-electron chi connectivity index (χ0n) is 15.4. The maximum Gasteiger partial charge on any atom is 0.348 e. The van der Waals surface area contributed by atoms with Gasteiger partial charge in [0.05, 0.1) is 10.7 Å². The van der Waals surface area contributed by atoms with Crippen molar-refractivity contribution in [2.75, 3.05) is 19.6 Å². The molecule has 1 saturated heterocycles. The average Bonchev–Trinajstić information content (AvgIpc) is 3.37. The van der Waals surface area contributed by atoms with E-state index in [1.165, 1.54) is 23.9 Å². The topological polar surface area (TPSA) is 66.3 Å². The van der Waals surface area contributed by atoms with Crippen molar-refractivity contribution in [1.82, 2.24) is 24.5 Å².